The van der Waals surface area contributed by atoms with Gasteiger partial charge in [0, 0.05) is 5.92 Å². The average Bonchev–Trinajstić information content (AvgIpc) is 3.33. The van der Waals surface area contributed by atoms with Gasteiger partial charge in [-0.2, -0.15) is 0 Å². The van der Waals surface area contributed by atoms with Crippen LogP contribution in [0.2, 0.25) is 0 Å². The van der Waals surface area contributed by atoms with Gasteiger partial charge in [0.15, 0.2) is 0 Å². The maximum atomic E-state index is 12.0. The summed E-state index contributed by atoms with van der Waals surface area (Å²) in [5.74, 6) is 0.695. The van der Waals surface area contributed by atoms with E-state index in [2.05, 4.69) is 52.3 Å². The number of rotatable bonds is 5. The first-order chi connectivity index (χ1) is 9.74. The quantitative estimate of drug-likeness (QED) is 0.731. The van der Waals surface area contributed by atoms with Crippen molar-refractivity contribution in [2.24, 2.45) is 5.92 Å². The average molecular weight is 329 g/mol. The van der Waals surface area contributed by atoms with E-state index in [9.17, 15) is 4.79 Å². The molecule has 1 unspecified atom stereocenters. The van der Waals surface area contributed by atoms with Crippen molar-refractivity contribution in [3.8, 4) is 11.1 Å². The maximum absolute atomic E-state index is 12.0. The minimum atomic E-state index is -0.0300. The Balaban J connectivity index is 1.68. The highest BCUT2D eigenvalue weighted by Gasteiger charge is 2.33. The number of benzene rings is 2. The van der Waals surface area contributed by atoms with Gasteiger partial charge in [0.1, 0.15) is 5.78 Å². The molecule has 1 aliphatic rings. The van der Waals surface area contributed by atoms with Crippen LogP contribution in [0.3, 0.4) is 0 Å². The SMILES string of the molecule is O=C(C(Br)Cc1ccc(-c2ccccc2)cc1)C1CC1. The van der Waals surface area contributed by atoms with E-state index in [1.54, 1.807) is 0 Å². The van der Waals surface area contributed by atoms with E-state index in [0.717, 1.165) is 19.3 Å². The van der Waals surface area contributed by atoms with Crippen LogP contribution in [-0.4, -0.2) is 10.6 Å². The molecule has 0 aliphatic heterocycles. The molecule has 0 aromatic heterocycles. The molecule has 1 fully saturated rings. The molecule has 0 bridgehead atoms. The van der Waals surface area contributed by atoms with Crippen molar-refractivity contribution in [3.05, 3.63) is 60.2 Å². The molecule has 102 valence electrons. The van der Waals surface area contributed by atoms with Crippen LogP contribution in [-0.2, 0) is 11.2 Å². The van der Waals surface area contributed by atoms with Crippen LogP contribution in [0, 0.1) is 5.92 Å². The summed E-state index contributed by atoms with van der Waals surface area (Å²) >= 11 is 3.53. The van der Waals surface area contributed by atoms with Crippen molar-refractivity contribution in [1.82, 2.24) is 0 Å². The molecule has 1 nitrogen and oxygen atoms in total. The van der Waals surface area contributed by atoms with Gasteiger partial charge in [-0.3, -0.25) is 4.79 Å². The van der Waals surface area contributed by atoms with Gasteiger partial charge in [-0.25, -0.2) is 0 Å². The normalized spacial score (nSPS) is 15.8. The lowest BCUT2D eigenvalue weighted by Crippen LogP contribution is -2.18. The third kappa shape index (κ3) is 3.18. The Morgan fingerprint density at radius 2 is 1.60 bits per heavy atom. The number of carbonyl (C=O) groups is 1. The number of ketones is 1. The Kier molecular flexibility index (Phi) is 4.02. The largest absolute Gasteiger partial charge is 0.298 e. The topological polar surface area (TPSA) is 17.1 Å². The number of hydrogen-bond acceptors (Lipinski definition) is 1. The fraction of sp³-hybridized carbons (Fsp3) is 0.278. The lowest BCUT2D eigenvalue weighted by Gasteiger charge is -2.09. The van der Waals surface area contributed by atoms with Crippen molar-refractivity contribution in [3.63, 3.8) is 0 Å². The molecule has 0 N–H and O–H groups in total. The smallest absolute Gasteiger partial charge is 0.149 e. The number of Topliss-reactive ketones (excluding diaryl/α,β-unsaturated/α-hetero) is 1. The van der Waals surface area contributed by atoms with E-state index in [1.807, 2.05) is 18.2 Å². The summed E-state index contributed by atoms with van der Waals surface area (Å²) in [5.41, 5.74) is 3.65. The molecule has 0 saturated heterocycles. The first-order valence-electron chi connectivity index (χ1n) is 7.06. The molecule has 2 aromatic rings. The van der Waals surface area contributed by atoms with Gasteiger partial charge in [-0.1, -0.05) is 70.5 Å². The zero-order valence-corrected chi connectivity index (χ0v) is 12.8. The second-order valence-corrected chi connectivity index (χ2v) is 6.52. The Morgan fingerprint density at radius 1 is 1.00 bits per heavy atom. The highest BCUT2D eigenvalue weighted by molar-refractivity contribution is 9.10. The number of alkyl halides is 1. The van der Waals surface area contributed by atoms with Gasteiger partial charge in [-0.15, -0.1) is 0 Å². The van der Waals surface area contributed by atoms with E-state index in [4.69, 9.17) is 0 Å². The van der Waals surface area contributed by atoms with E-state index in [0.29, 0.717) is 11.7 Å². The first kappa shape index (κ1) is 13.6. The molecule has 0 amide bonds. The minimum Gasteiger partial charge on any atom is -0.298 e. The molecule has 2 heteroatoms. The van der Waals surface area contributed by atoms with Crippen LogP contribution in [0.4, 0.5) is 0 Å². The molecule has 0 heterocycles. The van der Waals surface area contributed by atoms with Crippen molar-refractivity contribution in [2.45, 2.75) is 24.1 Å². The second kappa shape index (κ2) is 5.92. The molecular weight excluding hydrogens is 312 g/mol. The van der Waals surface area contributed by atoms with E-state index < -0.39 is 0 Å². The lowest BCUT2D eigenvalue weighted by atomic mass is 10.0. The van der Waals surface area contributed by atoms with Gasteiger partial charge in [0.25, 0.3) is 0 Å². The molecule has 1 atom stereocenters. The Morgan fingerprint density at radius 3 is 2.20 bits per heavy atom. The lowest BCUT2D eigenvalue weighted by molar-refractivity contribution is -0.119. The molecular formula is C18H17BrO. The highest BCUT2D eigenvalue weighted by atomic mass is 79.9. The van der Waals surface area contributed by atoms with E-state index in [-0.39, 0.29) is 4.83 Å². The maximum Gasteiger partial charge on any atom is 0.149 e. The van der Waals surface area contributed by atoms with Crippen LogP contribution in [0.1, 0.15) is 18.4 Å². The molecule has 1 aliphatic carbocycles. The molecule has 3 rings (SSSR count). The monoisotopic (exact) mass is 328 g/mol. The summed E-state index contributed by atoms with van der Waals surface area (Å²) in [6.45, 7) is 0. The van der Waals surface area contributed by atoms with E-state index >= 15 is 0 Å². The van der Waals surface area contributed by atoms with Crippen LogP contribution < -0.4 is 0 Å². The predicted octanol–water partition coefficient (Wildman–Crippen LogP) is 4.64. The summed E-state index contributed by atoms with van der Waals surface area (Å²) in [6.07, 6.45) is 2.94. The molecule has 1 saturated carbocycles. The zero-order valence-electron chi connectivity index (χ0n) is 11.3. The van der Waals surface area contributed by atoms with Crippen LogP contribution in [0.25, 0.3) is 11.1 Å². The summed E-state index contributed by atoms with van der Waals surface area (Å²) in [7, 11) is 0. The van der Waals surface area contributed by atoms with Gasteiger partial charge < -0.3 is 0 Å². The van der Waals surface area contributed by atoms with E-state index in [1.165, 1.54) is 16.7 Å². The first-order valence-corrected chi connectivity index (χ1v) is 7.98. The third-order valence-electron chi connectivity index (χ3n) is 3.76. The summed E-state index contributed by atoms with van der Waals surface area (Å²) in [4.78, 5) is 11.9. The zero-order chi connectivity index (χ0) is 13.9. The highest BCUT2D eigenvalue weighted by Crippen LogP contribution is 2.33. The van der Waals surface area contributed by atoms with Crippen molar-refractivity contribution >= 4 is 21.7 Å². The minimum absolute atomic E-state index is 0.0300. The summed E-state index contributed by atoms with van der Waals surface area (Å²) < 4.78 is 0. The molecule has 20 heavy (non-hydrogen) atoms. The fourth-order valence-electron chi connectivity index (χ4n) is 2.40. The predicted molar refractivity (Wildman–Crippen MR) is 86.0 cm³/mol. The van der Waals surface area contributed by atoms with Crippen molar-refractivity contribution in [2.75, 3.05) is 0 Å². The fourth-order valence-corrected chi connectivity index (χ4v) is 3.14. The van der Waals surface area contributed by atoms with Gasteiger partial charge in [0.2, 0.25) is 0 Å². The van der Waals surface area contributed by atoms with Gasteiger partial charge in [-0.05, 0) is 36.0 Å². The Labute approximate surface area is 128 Å². The van der Waals surface area contributed by atoms with Crippen molar-refractivity contribution in [1.29, 1.82) is 0 Å². The van der Waals surface area contributed by atoms with Crippen LogP contribution in [0.5, 0.6) is 0 Å². The Hall–Kier alpha value is -1.41. The molecule has 2 aromatic carbocycles. The Bertz CT molecular complexity index is 585. The van der Waals surface area contributed by atoms with Crippen molar-refractivity contribution < 1.29 is 4.79 Å². The third-order valence-corrected chi connectivity index (χ3v) is 4.54. The summed E-state index contributed by atoms with van der Waals surface area (Å²) in [6, 6.07) is 18.8. The molecule has 0 spiro atoms. The van der Waals surface area contributed by atoms with Gasteiger partial charge in [0.05, 0.1) is 4.83 Å². The standard InChI is InChI=1S/C18H17BrO/c19-17(18(20)16-10-11-16)12-13-6-8-15(9-7-13)14-4-2-1-3-5-14/h1-9,16-17H,10-12H2. The molecule has 0 radical (unpaired) electrons. The van der Waals surface area contributed by atoms with Crippen LogP contribution in [0.15, 0.2) is 54.6 Å². The number of hydrogen-bond donors (Lipinski definition) is 0. The van der Waals surface area contributed by atoms with Crippen LogP contribution >= 0.6 is 15.9 Å². The van der Waals surface area contributed by atoms with Gasteiger partial charge >= 0.3 is 0 Å². The summed E-state index contributed by atoms with van der Waals surface area (Å²) in [5, 5.41) is 0. The number of carbonyl (C=O) groups excluding carboxylic acids is 1. The number of halogens is 1. The second-order valence-electron chi connectivity index (χ2n) is 5.41.